The molecule has 2 aromatic carbocycles. The summed E-state index contributed by atoms with van der Waals surface area (Å²) in [6.45, 7) is 0.197. The lowest BCUT2D eigenvalue weighted by atomic mass is 10.1. The summed E-state index contributed by atoms with van der Waals surface area (Å²) in [6, 6.07) is 9.55. The Morgan fingerprint density at radius 1 is 1.21 bits per heavy atom. The standard InChI is InChI=1S/C19H18N4O5/c1-27-15-5-3-14(18(10-15)28-2)11-21-19(24)13-4-6-16(17(9-13)23(25)26)22-8-7-20-12-22/h3-10,12H,11H2,1-2H3,(H,21,24). The molecule has 1 heterocycles. The molecule has 3 aromatic rings. The average Bonchev–Trinajstić information content (AvgIpc) is 3.26. The molecule has 0 bridgehead atoms. The molecule has 0 saturated carbocycles. The van der Waals surface area contributed by atoms with Gasteiger partial charge in [-0.2, -0.15) is 0 Å². The molecule has 0 saturated heterocycles. The van der Waals surface area contributed by atoms with Crippen molar-refractivity contribution in [2.75, 3.05) is 14.2 Å². The minimum Gasteiger partial charge on any atom is -0.497 e. The van der Waals surface area contributed by atoms with Gasteiger partial charge < -0.3 is 19.4 Å². The molecule has 3 rings (SSSR count). The summed E-state index contributed by atoms with van der Waals surface area (Å²) < 4.78 is 12.0. The van der Waals surface area contributed by atoms with E-state index in [0.717, 1.165) is 5.56 Å². The Morgan fingerprint density at radius 2 is 2.04 bits per heavy atom. The van der Waals surface area contributed by atoms with Gasteiger partial charge in [-0.15, -0.1) is 0 Å². The summed E-state index contributed by atoms with van der Waals surface area (Å²) in [5, 5.41) is 14.2. The van der Waals surface area contributed by atoms with Crippen molar-refractivity contribution in [1.29, 1.82) is 0 Å². The lowest BCUT2D eigenvalue weighted by Crippen LogP contribution is -2.23. The van der Waals surface area contributed by atoms with Crippen LogP contribution in [0.3, 0.4) is 0 Å². The van der Waals surface area contributed by atoms with Crippen LogP contribution in [0.2, 0.25) is 0 Å². The van der Waals surface area contributed by atoms with Crippen LogP contribution < -0.4 is 14.8 Å². The minimum atomic E-state index is -0.529. The van der Waals surface area contributed by atoms with Crippen molar-refractivity contribution in [3.63, 3.8) is 0 Å². The summed E-state index contributed by atoms with van der Waals surface area (Å²) in [7, 11) is 3.08. The molecule has 0 aliphatic heterocycles. The summed E-state index contributed by atoms with van der Waals surface area (Å²) in [4.78, 5) is 27.3. The minimum absolute atomic E-state index is 0.183. The van der Waals surface area contributed by atoms with Crippen LogP contribution in [0.1, 0.15) is 15.9 Å². The first-order valence-corrected chi connectivity index (χ1v) is 8.29. The first kappa shape index (κ1) is 18.9. The van der Waals surface area contributed by atoms with Gasteiger partial charge in [-0.05, 0) is 24.3 Å². The van der Waals surface area contributed by atoms with Gasteiger partial charge in [0.25, 0.3) is 11.6 Å². The Morgan fingerprint density at radius 3 is 2.68 bits per heavy atom. The Labute approximate surface area is 160 Å². The summed E-state index contributed by atoms with van der Waals surface area (Å²) in [5.74, 6) is 0.775. The van der Waals surface area contributed by atoms with E-state index in [1.807, 2.05) is 0 Å². The van der Waals surface area contributed by atoms with E-state index in [-0.39, 0.29) is 17.8 Å². The predicted molar refractivity (Wildman–Crippen MR) is 101 cm³/mol. The number of carbonyl (C=O) groups excluding carboxylic acids is 1. The maximum Gasteiger partial charge on any atom is 0.294 e. The highest BCUT2D eigenvalue weighted by molar-refractivity contribution is 5.95. The van der Waals surface area contributed by atoms with Gasteiger partial charge in [0.2, 0.25) is 0 Å². The molecule has 9 nitrogen and oxygen atoms in total. The molecular formula is C19H18N4O5. The predicted octanol–water partition coefficient (Wildman–Crippen LogP) is 2.73. The number of ether oxygens (including phenoxy) is 2. The van der Waals surface area contributed by atoms with Crippen LogP contribution in [0, 0.1) is 10.1 Å². The van der Waals surface area contributed by atoms with Crippen LogP contribution in [0.4, 0.5) is 5.69 Å². The van der Waals surface area contributed by atoms with Gasteiger partial charge in [0, 0.05) is 42.2 Å². The summed E-state index contributed by atoms with van der Waals surface area (Å²) in [6.07, 6.45) is 4.57. The second-order valence-electron chi connectivity index (χ2n) is 5.79. The Bertz CT molecular complexity index is 1000. The lowest BCUT2D eigenvalue weighted by Gasteiger charge is -2.12. The van der Waals surface area contributed by atoms with E-state index in [1.54, 1.807) is 31.5 Å². The number of aromatic nitrogens is 2. The zero-order valence-corrected chi connectivity index (χ0v) is 15.3. The monoisotopic (exact) mass is 382 g/mol. The molecule has 0 radical (unpaired) electrons. The van der Waals surface area contributed by atoms with Crippen LogP contribution in [-0.2, 0) is 6.54 Å². The van der Waals surface area contributed by atoms with Gasteiger partial charge in [0.1, 0.15) is 17.2 Å². The number of nitrogens with zero attached hydrogens (tertiary/aromatic N) is 3. The number of imidazole rings is 1. The van der Waals surface area contributed by atoms with Gasteiger partial charge in [0.05, 0.1) is 25.5 Å². The van der Waals surface area contributed by atoms with E-state index in [9.17, 15) is 14.9 Å². The molecule has 1 amide bonds. The van der Waals surface area contributed by atoms with Crippen LogP contribution >= 0.6 is 0 Å². The number of benzene rings is 2. The Balaban J connectivity index is 1.80. The maximum absolute atomic E-state index is 12.5. The molecule has 0 aliphatic rings. The Hall–Kier alpha value is -3.88. The van der Waals surface area contributed by atoms with E-state index in [0.29, 0.717) is 17.2 Å². The maximum atomic E-state index is 12.5. The fourth-order valence-corrected chi connectivity index (χ4v) is 2.71. The number of hydrogen-bond donors (Lipinski definition) is 1. The smallest absolute Gasteiger partial charge is 0.294 e. The summed E-state index contributed by atoms with van der Waals surface area (Å²) >= 11 is 0. The van der Waals surface area contributed by atoms with Crippen molar-refractivity contribution >= 4 is 11.6 Å². The molecule has 1 N–H and O–H groups in total. The van der Waals surface area contributed by atoms with Crippen molar-refractivity contribution < 1.29 is 19.2 Å². The number of nitro groups is 1. The summed E-state index contributed by atoms with van der Waals surface area (Å²) in [5.41, 5.74) is 1.08. The molecule has 28 heavy (non-hydrogen) atoms. The van der Waals surface area contributed by atoms with Crippen LogP contribution in [0.25, 0.3) is 5.69 Å². The third-order valence-electron chi connectivity index (χ3n) is 4.15. The molecule has 0 aliphatic carbocycles. The van der Waals surface area contributed by atoms with Crippen LogP contribution in [0.15, 0.2) is 55.1 Å². The van der Waals surface area contributed by atoms with Crippen LogP contribution in [-0.4, -0.2) is 34.6 Å². The zero-order chi connectivity index (χ0) is 20.1. The van der Waals surface area contributed by atoms with Gasteiger partial charge in [-0.25, -0.2) is 4.98 Å². The zero-order valence-electron chi connectivity index (χ0n) is 15.3. The second kappa shape index (κ2) is 8.21. The van der Waals surface area contributed by atoms with Crippen molar-refractivity contribution in [2.24, 2.45) is 0 Å². The third kappa shape index (κ3) is 3.93. The molecule has 1 aromatic heterocycles. The Kier molecular flexibility index (Phi) is 5.54. The number of carbonyl (C=O) groups is 1. The normalized spacial score (nSPS) is 10.4. The van der Waals surface area contributed by atoms with Gasteiger partial charge in [0.15, 0.2) is 0 Å². The highest BCUT2D eigenvalue weighted by Gasteiger charge is 2.19. The molecule has 0 fully saturated rings. The number of methoxy groups -OCH3 is 2. The molecule has 144 valence electrons. The number of nitrogens with one attached hydrogen (secondary N) is 1. The third-order valence-corrected chi connectivity index (χ3v) is 4.15. The van der Waals surface area contributed by atoms with Gasteiger partial charge >= 0.3 is 0 Å². The van der Waals surface area contributed by atoms with Gasteiger partial charge in [-0.3, -0.25) is 14.9 Å². The van der Waals surface area contributed by atoms with Gasteiger partial charge in [-0.1, -0.05) is 0 Å². The molecular weight excluding hydrogens is 364 g/mol. The van der Waals surface area contributed by atoms with E-state index in [2.05, 4.69) is 10.3 Å². The van der Waals surface area contributed by atoms with Crippen LogP contribution in [0.5, 0.6) is 11.5 Å². The number of nitro benzene ring substituents is 1. The van der Waals surface area contributed by atoms with E-state index in [1.165, 1.54) is 42.4 Å². The van der Waals surface area contributed by atoms with E-state index < -0.39 is 10.8 Å². The van der Waals surface area contributed by atoms with Crippen molar-refractivity contribution in [1.82, 2.24) is 14.9 Å². The molecule has 0 atom stereocenters. The molecule has 0 unspecified atom stereocenters. The topological polar surface area (TPSA) is 109 Å². The first-order valence-electron chi connectivity index (χ1n) is 8.29. The fraction of sp³-hybridized carbons (Fsp3) is 0.158. The first-order chi connectivity index (χ1) is 13.5. The molecule has 9 heteroatoms. The van der Waals surface area contributed by atoms with Crippen molar-refractivity contribution in [3.8, 4) is 17.2 Å². The van der Waals surface area contributed by atoms with Crippen molar-refractivity contribution in [3.05, 3.63) is 76.4 Å². The molecule has 0 spiro atoms. The highest BCUT2D eigenvalue weighted by Crippen LogP contribution is 2.26. The van der Waals surface area contributed by atoms with Crippen molar-refractivity contribution in [2.45, 2.75) is 6.54 Å². The highest BCUT2D eigenvalue weighted by atomic mass is 16.6. The fourth-order valence-electron chi connectivity index (χ4n) is 2.71. The SMILES string of the molecule is COc1ccc(CNC(=O)c2ccc(-n3ccnc3)c([N+](=O)[O-])c2)c(OC)c1. The average molecular weight is 382 g/mol. The quantitative estimate of drug-likeness (QED) is 0.497. The largest absolute Gasteiger partial charge is 0.497 e. The second-order valence-corrected chi connectivity index (χ2v) is 5.79. The number of hydrogen-bond acceptors (Lipinski definition) is 6. The number of rotatable bonds is 7. The van der Waals surface area contributed by atoms with E-state index in [4.69, 9.17) is 9.47 Å². The van der Waals surface area contributed by atoms with E-state index >= 15 is 0 Å². The lowest BCUT2D eigenvalue weighted by molar-refractivity contribution is -0.384. The number of amides is 1.